The number of rotatable bonds is 3. The van der Waals surface area contributed by atoms with Crippen molar-refractivity contribution in [3.63, 3.8) is 0 Å². The summed E-state index contributed by atoms with van der Waals surface area (Å²) in [6, 6.07) is 6.56. The molecule has 0 spiro atoms. The fourth-order valence-corrected chi connectivity index (χ4v) is 4.90. The number of fused-ring (bicyclic) bond motifs is 5. The van der Waals surface area contributed by atoms with Crippen molar-refractivity contribution in [2.75, 3.05) is 10.2 Å². The van der Waals surface area contributed by atoms with Gasteiger partial charge in [0.15, 0.2) is 5.13 Å². The second-order valence-electron chi connectivity index (χ2n) is 6.85. The van der Waals surface area contributed by atoms with Gasteiger partial charge in [0, 0.05) is 17.1 Å². The highest BCUT2D eigenvalue weighted by molar-refractivity contribution is 7.13. The number of nitrogens with zero attached hydrogens (tertiary/aromatic N) is 2. The fourth-order valence-electron chi connectivity index (χ4n) is 4.37. The van der Waals surface area contributed by atoms with Crippen LogP contribution in [0.1, 0.15) is 16.8 Å². The number of carbonyl (C=O) groups is 3. The van der Waals surface area contributed by atoms with Crippen LogP contribution in [0.4, 0.5) is 10.8 Å². The molecule has 1 aliphatic heterocycles. The van der Waals surface area contributed by atoms with Gasteiger partial charge in [-0.05, 0) is 42.5 Å². The molecule has 0 unspecified atom stereocenters. The van der Waals surface area contributed by atoms with Gasteiger partial charge in [-0.25, -0.2) is 4.98 Å². The predicted molar refractivity (Wildman–Crippen MR) is 96.7 cm³/mol. The van der Waals surface area contributed by atoms with Crippen LogP contribution in [0.15, 0.2) is 48.0 Å². The fraction of sp³-hybridized carbons (Fsp3) is 0.263. The number of thiazole rings is 1. The molecule has 4 atom stereocenters. The molecular weight excluding hydrogens is 350 g/mol. The average Bonchev–Trinajstić information content (AvgIpc) is 3.41. The SMILES string of the molecule is O=C(Nc1nccs1)c1ccc(N2C(=O)[C@@H]3[C@H](C2=O)[C@@H]2C=C[C@@H]3C2)cc1. The summed E-state index contributed by atoms with van der Waals surface area (Å²) in [5.74, 6) is -0.557. The lowest BCUT2D eigenvalue weighted by Gasteiger charge is -2.17. The lowest BCUT2D eigenvalue weighted by Crippen LogP contribution is -2.32. The number of aromatic nitrogens is 1. The average molecular weight is 365 g/mol. The van der Waals surface area contributed by atoms with E-state index in [-0.39, 0.29) is 41.4 Å². The van der Waals surface area contributed by atoms with E-state index in [9.17, 15) is 14.4 Å². The van der Waals surface area contributed by atoms with Gasteiger partial charge in [0.2, 0.25) is 11.8 Å². The third-order valence-corrected chi connectivity index (χ3v) is 6.20. The van der Waals surface area contributed by atoms with Gasteiger partial charge in [-0.3, -0.25) is 24.6 Å². The Labute approximate surface area is 153 Å². The maximum Gasteiger partial charge on any atom is 0.257 e. The van der Waals surface area contributed by atoms with Crippen LogP contribution in [-0.4, -0.2) is 22.7 Å². The molecule has 0 radical (unpaired) electrons. The third-order valence-electron chi connectivity index (χ3n) is 5.51. The second kappa shape index (κ2) is 5.60. The molecule has 1 N–H and O–H groups in total. The van der Waals surface area contributed by atoms with Crippen LogP contribution in [0.25, 0.3) is 0 Å². The first-order valence-corrected chi connectivity index (χ1v) is 9.38. The van der Waals surface area contributed by atoms with Crippen molar-refractivity contribution in [1.29, 1.82) is 0 Å². The first-order valence-electron chi connectivity index (χ1n) is 8.50. The maximum absolute atomic E-state index is 12.8. The highest BCUT2D eigenvalue weighted by Gasteiger charge is 2.59. The third kappa shape index (κ3) is 2.17. The lowest BCUT2D eigenvalue weighted by molar-refractivity contribution is -0.123. The topological polar surface area (TPSA) is 79.4 Å². The summed E-state index contributed by atoms with van der Waals surface area (Å²) in [7, 11) is 0. The van der Waals surface area contributed by atoms with Crippen LogP contribution in [0.5, 0.6) is 0 Å². The monoisotopic (exact) mass is 365 g/mol. The molecule has 2 fully saturated rings. The van der Waals surface area contributed by atoms with Crippen molar-refractivity contribution in [2.24, 2.45) is 23.7 Å². The number of hydrogen-bond donors (Lipinski definition) is 1. The molecule has 2 bridgehead atoms. The Morgan fingerprint density at radius 3 is 2.31 bits per heavy atom. The molecule has 2 aliphatic carbocycles. The van der Waals surface area contributed by atoms with Gasteiger partial charge in [-0.2, -0.15) is 0 Å². The number of allylic oxidation sites excluding steroid dienone is 2. The van der Waals surface area contributed by atoms with Crippen LogP contribution in [0.2, 0.25) is 0 Å². The van der Waals surface area contributed by atoms with Crippen LogP contribution in [-0.2, 0) is 9.59 Å². The van der Waals surface area contributed by atoms with E-state index in [2.05, 4.69) is 22.5 Å². The number of anilines is 2. The maximum atomic E-state index is 12.8. The first kappa shape index (κ1) is 15.5. The van der Waals surface area contributed by atoms with Crippen LogP contribution < -0.4 is 10.2 Å². The molecule has 26 heavy (non-hydrogen) atoms. The Morgan fingerprint density at radius 2 is 1.73 bits per heavy atom. The Morgan fingerprint density at radius 1 is 1.08 bits per heavy atom. The van der Waals surface area contributed by atoms with E-state index in [1.165, 1.54) is 16.2 Å². The molecule has 5 rings (SSSR count). The predicted octanol–water partition coefficient (Wildman–Crippen LogP) is 2.71. The summed E-state index contributed by atoms with van der Waals surface area (Å²) in [5, 5.41) is 5.02. The standard InChI is InChI=1S/C19H15N3O3S/c23-16(21-19-20-7-8-26-19)10-3-5-13(6-4-10)22-17(24)14-11-1-2-12(9-11)15(14)18(22)25/h1-8,11-12,14-15H,9H2,(H,20,21,23)/t11-,12-,14-,15+/m1/s1. The largest absolute Gasteiger partial charge is 0.298 e. The molecule has 1 aromatic heterocycles. The van der Waals surface area contributed by atoms with E-state index < -0.39 is 0 Å². The first-order chi connectivity index (χ1) is 12.6. The van der Waals surface area contributed by atoms with E-state index in [4.69, 9.17) is 0 Å². The van der Waals surface area contributed by atoms with Gasteiger partial charge in [0.25, 0.3) is 5.91 Å². The highest BCUT2D eigenvalue weighted by Crippen LogP contribution is 2.53. The number of imide groups is 1. The van der Waals surface area contributed by atoms with Gasteiger partial charge in [-0.15, -0.1) is 11.3 Å². The van der Waals surface area contributed by atoms with E-state index in [1.54, 1.807) is 35.8 Å². The van der Waals surface area contributed by atoms with Crippen molar-refractivity contribution >= 4 is 39.9 Å². The lowest BCUT2D eigenvalue weighted by atomic mass is 9.85. The van der Waals surface area contributed by atoms with Crippen molar-refractivity contribution in [3.8, 4) is 0 Å². The molecule has 2 heterocycles. The molecule has 3 aliphatic rings. The van der Waals surface area contributed by atoms with Crippen LogP contribution in [0.3, 0.4) is 0 Å². The second-order valence-corrected chi connectivity index (χ2v) is 7.74. The summed E-state index contributed by atoms with van der Waals surface area (Å²) in [6.07, 6.45) is 6.68. The Kier molecular flexibility index (Phi) is 3.33. The number of amides is 3. The van der Waals surface area contributed by atoms with Gasteiger partial charge >= 0.3 is 0 Å². The molecule has 7 heteroatoms. The summed E-state index contributed by atoms with van der Waals surface area (Å²) in [6.45, 7) is 0. The van der Waals surface area contributed by atoms with Crippen molar-refractivity contribution in [2.45, 2.75) is 6.42 Å². The van der Waals surface area contributed by atoms with E-state index in [0.29, 0.717) is 16.4 Å². The zero-order valence-electron chi connectivity index (χ0n) is 13.7. The zero-order valence-corrected chi connectivity index (χ0v) is 14.5. The molecular formula is C19H15N3O3S. The summed E-state index contributed by atoms with van der Waals surface area (Å²) < 4.78 is 0. The smallest absolute Gasteiger partial charge is 0.257 e. The van der Waals surface area contributed by atoms with Crippen molar-refractivity contribution in [1.82, 2.24) is 4.98 Å². The minimum atomic E-state index is -0.273. The Hall–Kier alpha value is -2.80. The quantitative estimate of drug-likeness (QED) is 0.670. The molecule has 1 saturated carbocycles. The zero-order chi connectivity index (χ0) is 17.8. The summed E-state index contributed by atoms with van der Waals surface area (Å²) in [4.78, 5) is 43.1. The molecule has 3 amide bonds. The van der Waals surface area contributed by atoms with Crippen LogP contribution in [0, 0.1) is 23.7 Å². The minimum Gasteiger partial charge on any atom is -0.298 e. The van der Waals surface area contributed by atoms with Crippen molar-refractivity contribution in [3.05, 3.63) is 53.6 Å². The van der Waals surface area contributed by atoms with E-state index >= 15 is 0 Å². The molecule has 130 valence electrons. The number of hydrogen-bond acceptors (Lipinski definition) is 5. The van der Waals surface area contributed by atoms with Crippen molar-refractivity contribution < 1.29 is 14.4 Å². The van der Waals surface area contributed by atoms with Gasteiger partial charge in [0.1, 0.15) is 0 Å². The van der Waals surface area contributed by atoms with E-state index in [1.807, 2.05) is 0 Å². The van der Waals surface area contributed by atoms with Gasteiger partial charge in [0.05, 0.1) is 17.5 Å². The number of nitrogens with one attached hydrogen (secondary N) is 1. The molecule has 1 saturated heterocycles. The number of carbonyl (C=O) groups excluding carboxylic acids is 3. The molecule has 6 nitrogen and oxygen atoms in total. The van der Waals surface area contributed by atoms with Gasteiger partial charge < -0.3 is 0 Å². The normalized spacial score (nSPS) is 28.7. The highest BCUT2D eigenvalue weighted by atomic mass is 32.1. The van der Waals surface area contributed by atoms with Crippen LogP contribution >= 0.6 is 11.3 Å². The van der Waals surface area contributed by atoms with Gasteiger partial charge in [-0.1, -0.05) is 12.2 Å². The number of benzene rings is 1. The summed E-state index contributed by atoms with van der Waals surface area (Å²) >= 11 is 1.34. The van der Waals surface area contributed by atoms with E-state index in [0.717, 1.165) is 6.42 Å². The Balaban J connectivity index is 1.37. The molecule has 1 aromatic carbocycles. The summed E-state index contributed by atoms with van der Waals surface area (Å²) in [5.41, 5.74) is 0.976. The molecule has 2 aromatic rings. The Bertz CT molecular complexity index is 905. The minimum absolute atomic E-state index is 0.114.